The van der Waals surface area contributed by atoms with Gasteiger partial charge in [0, 0.05) is 25.4 Å². The van der Waals surface area contributed by atoms with Gasteiger partial charge in [-0.15, -0.1) is 0 Å². The van der Waals surface area contributed by atoms with Crippen molar-refractivity contribution in [2.24, 2.45) is 52.3 Å². The highest BCUT2D eigenvalue weighted by molar-refractivity contribution is 5.81. The van der Waals surface area contributed by atoms with Crippen molar-refractivity contribution >= 4 is 5.78 Å². The maximum absolute atomic E-state index is 12.2. The van der Waals surface area contributed by atoms with Crippen molar-refractivity contribution in [1.82, 2.24) is 0 Å². The van der Waals surface area contributed by atoms with E-state index < -0.39 is 5.60 Å². The van der Waals surface area contributed by atoms with E-state index in [1.165, 1.54) is 19.3 Å². The molecule has 0 bridgehead atoms. The van der Waals surface area contributed by atoms with Gasteiger partial charge in [0.15, 0.2) is 0 Å². The molecule has 1 N–H and O–H groups in total. The van der Waals surface area contributed by atoms with Crippen LogP contribution in [0, 0.1) is 52.3 Å². The molecule has 0 spiro atoms. The van der Waals surface area contributed by atoms with Gasteiger partial charge in [-0.05, 0) is 85.9 Å². The van der Waals surface area contributed by atoms with Crippen LogP contribution in [0.3, 0.4) is 0 Å². The Bertz CT molecular complexity index is 704. The van der Waals surface area contributed by atoms with Gasteiger partial charge in [-0.25, -0.2) is 0 Å². The molecule has 28 heavy (non-hydrogen) atoms. The van der Waals surface area contributed by atoms with E-state index in [1.54, 1.807) is 0 Å². The molecule has 0 aromatic rings. The molecule has 6 fully saturated rings. The highest BCUT2D eigenvalue weighted by Crippen LogP contribution is 2.81. The highest BCUT2D eigenvalue weighted by Gasteiger charge is 2.80. The van der Waals surface area contributed by atoms with Crippen molar-refractivity contribution in [3.05, 3.63) is 0 Å². The van der Waals surface area contributed by atoms with Gasteiger partial charge in [0.1, 0.15) is 5.78 Å². The van der Waals surface area contributed by atoms with Crippen molar-refractivity contribution in [2.45, 2.75) is 90.8 Å². The minimum Gasteiger partial charge on any atom is -0.389 e. The number of methoxy groups -OCH3 is 1. The fourth-order valence-corrected chi connectivity index (χ4v) is 9.64. The lowest BCUT2D eigenvalue weighted by molar-refractivity contribution is -0.223. The average Bonchev–Trinajstić information content (AvgIpc) is 3.57. The molecule has 6 saturated carbocycles. The van der Waals surface area contributed by atoms with Crippen LogP contribution in [0.25, 0.3) is 0 Å². The van der Waals surface area contributed by atoms with Crippen LogP contribution < -0.4 is 0 Å². The zero-order valence-corrected chi connectivity index (χ0v) is 18.8. The van der Waals surface area contributed by atoms with Crippen LogP contribution in [0.2, 0.25) is 0 Å². The summed E-state index contributed by atoms with van der Waals surface area (Å²) in [5, 5.41) is 11.8. The molecular formula is C25H40O3. The number of aliphatic hydroxyl groups is 1. The summed E-state index contributed by atoms with van der Waals surface area (Å²) in [4.78, 5) is 12.2. The van der Waals surface area contributed by atoms with Gasteiger partial charge < -0.3 is 9.84 Å². The molecule has 6 aliphatic rings. The average molecular weight is 389 g/mol. The van der Waals surface area contributed by atoms with Crippen molar-refractivity contribution in [1.29, 1.82) is 0 Å². The number of carbonyl (C=O) groups is 1. The molecule has 0 aromatic heterocycles. The van der Waals surface area contributed by atoms with Crippen LogP contribution in [-0.2, 0) is 9.53 Å². The smallest absolute Gasteiger partial charge is 0.135 e. The third kappa shape index (κ3) is 1.93. The molecule has 0 aromatic carbocycles. The molecule has 6 rings (SSSR count). The maximum Gasteiger partial charge on any atom is 0.135 e. The van der Waals surface area contributed by atoms with Crippen LogP contribution in [0.5, 0.6) is 0 Å². The zero-order valence-electron chi connectivity index (χ0n) is 18.8. The van der Waals surface area contributed by atoms with Crippen LogP contribution in [-0.4, -0.2) is 29.2 Å². The van der Waals surface area contributed by atoms with Crippen molar-refractivity contribution in [2.75, 3.05) is 7.11 Å². The number of Topliss-reactive ketones (excluding diaryl/α,β-unsaturated/α-hetero) is 1. The largest absolute Gasteiger partial charge is 0.389 e. The predicted molar refractivity (Wildman–Crippen MR) is 110 cm³/mol. The second-order valence-corrected chi connectivity index (χ2v) is 11.5. The van der Waals surface area contributed by atoms with Crippen LogP contribution >= 0.6 is 0 Å². The van der Waals surface area contributed by atoms with E-state index in [0.29, 0.717) is 41.8 Å². The summed E-state index contributed by atoms with van der Waals surface area (Å²) in [6, 6.07) is 0. The van der Waals surface area contributed by atoms with Crippen LogP contribution in [0.4, 0.5) is 0 Å². The Hall–Kier alpha value is -0.410. The fourth-order valence-electron chi connectivity index (χ4n) is 9.64. The molecule has 0 radical (unpaired) electrons. The summed E-state index contributed by atoms with van der Waals surface area (Å²) in [5.41, 5.74) is -0.441. The second-order valence-electron chi connectivity index (χ2n) is 11.5. The molecule has 11 atom stereocenters. The first-order chi connectivity index (χ1) is 13.2. The van der Waals surface area contributed by atoms with E-state index in [-0.39, 0.29) is 11.0 Å². The van der Waals surface area contributed by atoms with Gasteiger partial charge >= 0.3 is 0 Å². The van der Waals surface area contributed by atoms with E-state index >= 15 is 0 Å². The number of fused-ring (bicyclic) bond motifs is 10. The Morgan fingerprint density at radius 2 is 1.64 bits per heavy atom. The van der Waals surface area contributed by atoms with Crippen molar-refractivity contribution in [3.8, 4) is 0 Å². The first kappa shape index (κ1) is 19.5. The topological polar surface area (TPSA) is 46.5 Å². The third-order valence-electron chi connectivity index (χ3n) is 11.3. The molecule has 0 heterocycles. The lowest BCUT2D eigenvalue weighted by Crippen LogP contribution is -2.65. The zero-order chi connectivity index (χ0) is 20.3. The van der Waals surface area contributed by atoms with Gasteiger partial charge in [0.25, 0.3) is 0 Å². The fraction of sp³-hybridized carbons (Fsp3) is 0.960. The predicted octanol–water partition coefficient (Wildman–Crippen LogP) is 4.86. The number of ether oxygens (including phenoxy) is 1. The maximum atomic E-state index is 12.2. The van der Waals surface area contributed by atoms with E-state index in [9.17, 15) is 9.90 Å². The normalized spacial score (nSPS) is 63.0. The summed E-state index contributed by atoms with van der Waals surface area (Å²) in [7, 11) is 1.93. The lowest BCUT2D eigenvalue weighted by atomic mass is 9.42. The molecular weight excluding hydrogens is 348 g/mol. The summed E-state index contributed by atoms with van der Waals surface area (Å²) >= 11 is 0. The molecule has 3 heteroatoms. The number of ketones is 1. The molecule has 3 nitrogen and oxygen atoms in total. The summed E-state index contributed by atoms with van der Waals surface area (Å²) in [5.74, 6) is 5.06. The van der Waals surface area contributed by atoms with E-state index in [0.717, 1.165) is 36.5 Å². The second kappa shape index (κ2) is 5.63. The van der Waals surface area contributed by atoms with E-state index in [1.807, 2.05) is 21.0 Å². The summed E-state index contributed by atoms with van der Waals surface area (Å²) in [6.07, 6.45) is 6.98. The summed E-state index contributed by atoms with van der Waals surface area (Å²) < 4.78 is 6.23. The van der Waals surface area contributed by atoms with Crippen molar-refractivity contribution in [3.63, 3.8) is 0 Å². The minimum absolute atomic E-state index is 0.0366. The first-order valence-corrected chi connectivity index (χ1v) is 12.0. The lowest BCUT2D eigenvalue weighted by Gasteiger charge is -2.64. The van der Waals surface area contributed by atoms with Gasteiger partial charge in [0.2, 0.25) is 0 Å². The Kier molecular flexibility index (Phi) is 3.93. The van der Waals surface area contributed by atoms with Crippen LogP contribution in [0.15, 0.2) is 0 Å². The Morgan fingerprint density at radius 3 is 2.32 bits per heavy atom. The molecule has 0 aliphatic heterocycles. The quantitative estimate of drug-likeness (QED) is 0.698. The minimum atomic E-state index is -0.714. The van der Waals surface area contributed by atoms with E-state index in [4.69, 9.17) is 4.74 Å². The third-order valence-corrected chi connectivity index (χ3v) is 11.3. The molecule has 158 valence electrons. The van der Waals surface area contributed by atoms with Crippen molar-refractivity contribution < 1.29 is 14.6 Å². The molecule has 0 amide bonds. The number of carbonyl (C=O) groups excluding carboxylic acids is 1. The molecule has 6 aliphatic carbocycles. The van der Waals surface area contributed by atoms with Gasteiger partial charge in [0.05, 0.1) is 11.2 Å². The SMILES string of the molecule is CC.COC1(C)C2CC2C2C3C4CC4C4(O)CC(=O)CCC4(C)C3CCC21C. The number of rotatable bonds is 1. The van der Waals surface area contributed by atoms with Gasteiger partial charge in [-0.1, -0.05) is 27.7 Å². The van der Waals surface area contributed by atoms with Gasteiger partial charge in [-0.3, -0.25) is 4.79 Å². The monoisotopic (exact) mass is 388 g/mol. The first-order valence-electron chi connectivity index (χ1n) is 12.0. The summed E-state index contributed by atoms with van der Waals surface area (Å²) in [6.45, 7) is 11.3. The number of hydrogen-bond acceptors (Lipinski definition) is 3. The van der Waals surface area contributed by atoms with Gasteiger partial charge in [-0.2, -0.15) is 0 Å². The Morgan fingerprint density at radius 1 is 0.964 bits per heavy atom. The van der Waals surface area contributed by atoms with Crippen LogP contribution in [0.1, 0.15) is 79.6 Å². The Labute approximate surface area is 171 Å². The standard InChI is InChI=1S/C23H34O3.C2H6/c1-20-7-5-12(24)11-23(20,25)17-9-13(17)18-15(20)6-8-21(2)19(18)14-10-16(14)22(21,3)26-4;1-2/h13-19,25H,5-11H2,1-4H3;1-2H3. The molecule has 11 unspecified atom stereocenters. The number of hydrogen-bond donors (Lipinski definition) is 1. The van der Waals surface area contributed by atoms with E-state index in [2.05, 4.69) is 20.8 Å². The highest BCUT2D eigenvalue weighted by atomic mass is 16.5. The Balaban J connectivity index is 0.000000829. The molecule has 0 saturated heterocycles.